The Kier molecular flexibility index (Phi) is 3.50. The fourth-order valence-electron chi connectivity index (χ4n) is 2.10. The van der Waals surface area contributed by atoms with Crippen LogP contribution in [0.15, 0.2) is 60.8 Å². The maximum absolute atomic E-state index is 6.31. The minimum Gasteiger partial charge on any atom is -0.319 e. The molecule has 20 heavy (non-hydrogen) atoms. The number of aromatic nitrogens is 3. The molecule has 5 heteroatoms. The van der Waals surface area contributed by atoms with E-state index in [4.69, 9.17) is 17.3 Å². The molecule has 1 heterocycles. The Morgan fingerprint density at radius 1 is 1.05 bits per heavy atom. The van der Waals surface area contributed by atoms with Crippen molar-refractivity contribution in [2.24, 2.45) is 5.73 Å². The Bertz CT molecular complexity index is 709. The zero-order chi connectivity index (χ0) is 13.9. The monoisotopic (exact) mass is 284 g/mol. The van der Waals surface area contributed by atoms with Gasteiger partial charge in [-0.1, -0.05) is 47.1 Å². The summed E-state index contributed by atoms with van der Waals surface area (Å²) in [6.45, 7) is 0. The molecular weight excluding hydrogens is 272 g/mol. The molecule has 0 amide bonds. The van der Waals surface area contributed by atoms with E-state index >= 15 is 0 Å². The first-order chi connectivity index (χ1) is 9.75. The van der Waals surface area contributed by atoms with Gasteiger partial charge in [0.1, 0.15) is 0 Å². The summed E-state index contributed by atoms with van der Waals surface area (Å²) in [4.78, 5) is 0. The second-order valence-electron chi connectivity index (χ2n) is 4.44. The lowest BCUT2D eigenvalue weighted by Crippen LogP contribution is -2.16. The SMILES string of the molecule is NC(c1cccc(Cl)c1)c1cnnn1-c1ccccc1. The Balaban J connectivity index is 2.02. The summed E-state index contributed by atoms with van der Waals surface area (Å²) >= 11 is 6.01. The molecule has 2 N–H and O–H groups in total. The van der Waals surface area contributed by atoms with Gasteiger partial charge in [0, 0.05) is 5.02 Å². The zero-order valence-electron chi connectivity index (χ0n) is 10.6. The van der Waals surface area contributed by atoms with Crippen molar-refractivity contribution in [2.45, 2.75) is 6.04 Å². The van der Waals surface area contributed by atoms with E-state index in [2.05, 4.69) is 10.3 Å². The molecule has 1 unspecified atom stereocenters. The van der Waals surface area contributed by atoms with Crippen molar-refractivity contribution in [3.63, 3.8) is 0 Å². The molecule has 4 nitrogen and oxygen atoms in total. The van der Waals surface area contributed by atoms with Crippen molar-refractivity contribution in [1.29, 1.82) is 0 Å². The van der Waals surface area contributed by atoms with Gasteiger partial charge in [-0.05, 0) is 29.8 Å². The fraction of sp³-hybridized carbons (Fsp3) is 0.0667. The first-order valence-electron chi connectivity index (χ1n) is 6.23. The van der Waals surface area contributed by atoms with Crippen molar-refractivity contribution in [3.05, 3.63) is 77.1 Å². The summed E-state index contributed by atoms with van der Waals surface area (Å²) in [5.41, 5.74) is 8.98. The molecule has 0 saturated carbocycles. The molecule has 0 aliphatic rings. The molecule has 1 aromatic heterocycles. The van der Waals surface area contributed by atoms with Gasteiger partial charge < -0.3 is 5.73 Å². The minimum atomic E-state index is -0.330. The van der Waals surface area contributed by atoms with Crippen LogP contribution in [0.3, 0.4) is 0 Å². The number of hydrogen-bond donors (Lipinski definition) is 1. The van der Waals surface area contributed by atoms with E-state index in [1.54, 1.807) is 10.9 Å². The Morgan fingerprint density at radius 3 is 2.60 bits per heavy atom. The molecule has 0 bridgehead atoms. The molecule has 3 rings (SSSR count). The van der Waals surface area contributed by atoms with Crippen LogP contribution in [0.5, 0.6) is 0 Å². The van der Waals surface area contributed by atoms with Gasteiger partial charge in [-0.15, -0.1) is 5.10 Å². The number of hydrogen-bond acceptors (Lipinski definition) is 3. The number of rotatable bonds is 3. The third kappa shape index (κ3) is 2.43. The Morgan fingerprint density at radius 2 is 1.85 bits per heavy atom. The van der Waals surface area contributed by atoms with E-state index in [-0.39, 0.29) is 6.04 Å². The molecule has 0 spiro atoms. The first kappa shape index (κ1) is 12.8. The molecule has 3 aromatic rings. The minimum absolute atomic E-state index is 0.330. The molecule has 0 aliphatic carbocycles. The number of nitrogens with two attached hydrogens (primary N) is 1. The van der Waals surface area contributed by atoms with Crippen LogP contribution in [-0.4, -0.2) is 15.0 Å². The summed E-state index contributed by atoms with van der Waals surface area (Å²) < 4.78 is 1.74. The van der Waals surface area contributed by atoms with Crippen molar-refractivity contribution < 1.29 is 0 Å². The lowest BCUT2D eigenvalue weighted by Gasteiger charge is -2.14. The lowest BCUT2D eigenvalue weighted by atomic mass is 10.1. The summed E-state index contributed by atoms with van der Waals surface area (Å²) in [6, 6.07) is 17.0. The van der Waals surface area contributed by atoms with E-state index in [1.165, 1.54) is 0 Å². The van der Waals surface area contributed by atoms with Gasteiger partial charge in [-0.25, -0.2) is 4.68 Å². The highest BCUT2D eigenvalue weighted by atomic mass is 35.5. The predicted octanol–water partition coefficient (Wildman–Crippen LogP) is 2.97. The number of nitrogens with zero attached hydrogens (tertiary/aromatic N) is 3. The van der Waals surface area contributed by atoms with Gasteiger partial charge in [0.2, 0.25) is 0 Å². The maximum atomic E-state index is 6.31. The second-order valence-corrected chi connectivity index (χ2v) is 4.88. The van der Waals surface area contributed by atoms with Crippen molar-refractivity contribution >= 4 is 11.6 Å². The summed E-state index contributed by atoms with van der Waals surface area (Å²) in [5.74, 6) is 0. The highest BCUT2D eigenvalue weighted by Crippen LogP contribution is 2.23. The lowest BCUT2D eigenvalue weighted by molar-refractivity contribution is 0.720. The van der Waals surface area contributed by atoms with Gasteiger partial charge in [0.15, 0.2) is 0 Å². The third-order valence-electron chi connectivity index (χ3n) is 3.10. The van der Waals surface area contributed by atoms with Crippen LogP contribution in [0.4, 0.5) is 0 Å². The second kappa shape index (κ2) is 5.45. The zero-order valence-corrected chi connectivity index (χ0v) is 11.4. The van der Waals surface area contributed by atoms with Gasteiger partial charge in [-0.3, -0.25) is 0 Å². The standard InChI is InChI=1S/C15H13ClN4/c16-12-6-4-5-11(9-12)15(17)14-10-18-19-20(14)13-7-2-1-3-8-13/h1-10,15H,17H2. The third-order valence-corrected chi connectivity index (χ3v) is 3.34. The number of benzene rings is 2. The molecule has 2 aromatic carbocycles. The summed E-state index contributed by atoms with van der Waals surface area (Å²) in [6.07, 6.45) is 1.68. The molecule has 0 fully saturated rings. The van der Waals surface area contributed by atoms with E-state index < -0.39 is 0 Å². The van der Waals surface area contributed by atoms with Gasteiger partial charge >= 0.3 is 0 Å². The average Bonchev–Trinajstić information content (AvgIpc) is 2.97. The molecule has 1 atom stereocenters. The van der Waals surface area contributed by atoms with E-state index in [0.717, 1.165) is 16.9 Å². The van der Waals surface area contributed by atoms with Crippen LogP contribution in [0.25, 0.3) is 5.69 Å². The van der Waals surface area contributed by atoms with Gasteiger partial charge in [-0.2, -0.15) is 0 Å². The van der Waals surface area contributed by atoms with Crippen LogP contribution < -0.4 is 5.73 Å². The normalized spacial score (nSPS) is 12.3. The topological polar surface area (TPSA) is 56.7 Å². The quantitative estimate of drug-likeness (QED) is 0.804. The van der Waals surface area contributed by atoms with Gasteiger partial charge in [0.05, 0.1) is 23.6 Å². The van der Waals surface area contributed by atoms with Crippen LogP contribution in [0.1, 0.15) is 17.3 Å². The molecule has 0 aliphatic heterocycles. The summed E-state index contributed by atoms with van der Waals surface area (Å²) in [7, 11) is 0. The predicted molar refractivity (Wildman–Crippen MR) is 78.8 cm³/mol. The van der Waals surface area contributed by atoms with Crippen LogP contribution in [0, 0.1) is 0 Å². The highest BCUT2D eigenvalue weighted by molar-refractivity contribution is 6.30. The highest BCUT2D eigenvalue weighted by Gasteiger charge is 2.16. The van der Waals surface area contributed by atoms with E-state index in [1.807, 2.05) is 54.6 Å². The van der Waals surface area contributed by atoms with E-state index in [0.29, 0.717) is 5.02 Å². The van der Waals surface area contributed by atoms with Crippen molar-refractivity contribution in [1.82, 2.24) is 15.0 Å². The van der Waals surface area contributed by atoms with E-state index in [9.17, 15) is 0 Å². The Hall–Kier alpha value is -2.17. The molecule has 100 valence electrons. The van der Waals surface area contributed by atoms with Crippen LogP contribution >= 0.6 is 11.6 Å². The van der Waals surface area contributed by atoms with Crippen molar-refractivity contribution in [3.8, 4) is 5.69 Å². The maximum Gasteiger partial charge on any atom is 0.0858 e. The van der Waals surface area contributed by atoms with Gasteiger partial charge in [0.25, 0.3) is 0 Å². The smallest absolute Gasteiger partial charge is 0.0858 e. The first-order valence-corrected chi connectivity index (χ1v) is 6.60. The largest absolute Gasteiger partial charge is 0.319 e. The Labute approximate surface area is 121 Å². The average molecular weight is 285 g/mol. The van der Waals surface area contributed by atoms with Crippen LogP contribution in [0.2, 0.25) is 5.02 Å². The molecular formula is C15H13ClN4. The number of para-hydroxylation sites is 1. The number of halogens is 1. The van der Waals surface area contributed by atoms with Crippen molar-refractivity contribution in [2.75, 3.05) is 0 Å². The summed E-state index contributed by atoms with van der Waals surface area (Å²) in [5, 5.41) is 8.74. The van der Waals surface area contributed by atoms with Crippen LogP contribution in [-0.2, 0) is 0 Å². The fourth-order valence-corrected chi connectivity index (χ4v) is 2.29. The molecule has 0 saturated heterocycles. The molecule has 0 radical (unpaired) electrons.